The van der Waals surface area contributed by atoms with E-state index < -0.39 is 0 Å². The van der Waals surface area contributed by atoms with E-state index in [-0.39, 0.29) is 16.8 Å². The molecule has 20 heavy (non-hydrogen) atoms. The summed E-state index contributed by atoms with van der Waals surface area (Å²) >= 11 is 4.85. The number of pyridine rings is 1. The Morgan fingerprint density at radius 2 is 2.00 bits per heavy atom. The van der Waals surface area contributed by atoms with Crippen LogP contribution >= 0.6 is 12.2 Å². The second-order valence-electron chi connectivity index (χ2n) is 4.67. The van der Waals surface area contributed by atoms with Gasteiger partial charge in [0.25, 0.3) is 0 Å². The van der Waals surface area contributed by atoms with Crippen molar-refractivity contribution in [2.45, 2.75) is 19.4 Å². The predicted octanol–water partition coefficient (Wildman–Crippen LogP) is 2.90. The van der Waals surface area contributed by atoms with Gasteiger partial charge in [-0.1, -0.05) is 24.4 Å². The summed E-state index contributed by atoms with van der Waals surface area (Å²) in [6, 6.07) is 10.4. The van der Waals surface area contributed by atoms with Crippen molar-refractivity contribution in [2.75, 3.05) is 5.32 Å². The van der Waals surface area contributed by atoms with Gasteiger partial charge in [-0.25, -0.2) is 4.39 Å². The van der Waals surface area contributed by atoms with Crippen LogP contribution in [0, 0.1) is 5.82 Å². The quantitative estimate of drug-likeness (QED) is 0.831. The summed E-state index contributed by atoms with van der Waals surface area (Å²) in [6.07, 6.45) is 2.51. The van der Waals surface area contributed by atoms with Crippen LogP contribution in [0.15, 0.2) is 42.6 Å². The lowest BCUT2D eigenvalue weighted by molar-refractivity contribution is 0.626. The van der Waals surface area contributed by atoms with Crippen LogP contribution in [0.1, 0.15) is 18.2 Å². The maximum atomic E-state index is 12.8. The molecule has 1 heterocycles. The number of benzene rings is 1. The fraction of sp³-hybridized carbons (Fsp3) is 0.200. The topological polar surface area (TPSA) is 50.9 Å². The lowest BCUT2D eigenvalue weighted by atomic mass is 10.1. The molecule has 1 aromatic carbocycles. The van der Waals surface area contributed by atoms with Crippen LogP contribution in [-0.2, 0) is 6.42 Å². The second-order valence-corrected chi connectivity index (χ2v) is 5.11. The number of nitrogens with zero attached hydrogens (tertiary/aromatic N) is 1. The third-order valence-electron chi connectivity index (χ3n) is 2.88. The van der Waals surface area contributed by atoms with Gasteiger partial charge >= 0.3 is 0 Å². The Bertz CT molecular complexity index is 581. The molecule has 5 heteroatoms. The fourth-order valence-electron chi connectivity index (χ4n) is 1.93. The van der Waals surface area contributed by atoms with Gasteiger partial charge in [-0.2, -0.15) is 0 Å². The minimum absolute atomic E-state index is 0.206. The van der Waals surface area contributed by atoms with Crippen LogP contribution in [0.4, 0.5) is 10.1 Å². The molecule has 1 unspecified atom stereocenters. The van der Waals surface area contributed by atoms with Crippen LogP contribution in [0.3, 0.4) is 0 Å². The smallest absolute Gasteiger partial charge is 0.123 e. The summed E-state index contributed by atoms with van der Waals surface area (Å²) in [4.78, 5) is 4.46. The molecule has 0 aliphatic heterocycles. The van der Waals surface area contributed by atoms with E-state index in [1.54, 1.807) is 24.4 Å². The average Bonchev–Trinajstić information content (AvgIpc) is 2.42. The molecule has 1 aromatic heterocycles. The highest BCUT2D eigenvalue weighted by Gasteiger charge is 2.05. The summed E-state index contributed by atoms with van der Waals surface area (Å²) in [6.45, 7) is 2.06. The molecule has 1 atom stereocenters. The average molecular weight is 289 g/mol. The molecule has 0 aliphatic rings. The maximum Gasteiger partial charge on any atom is 0.123 e. The van der Waals surface area contributed by atoms with Gasteiger partial charge < -0.3 is 11.1 Å². The highest BCUT2D eigenvalue weighted by Crippen LogP contribution is 2.11. The van der Waals surface area contributed by atoms with Crippen LogP contribution < -0.4 is 11.1 Å². The molecule has 0 bridgehead atoms. The van der Waals surface area contributed by atoms with Crippen molar-refractivity contribution in [1.29, 1.82) is 0 Å². The molecule has 0 aliphatic carbocycles. The van der Waals surface area contributed by atoms with Crippen molar-refractivity contribution in [3.05, 3.63) is 59.7 Å². The van der Waals surface area contributed by atoms with E-state index in [4.69, 9.17) is 18.0 Å². The zero-order valence-electron chi connectivity index (χ0n) is 11.1. The number of nitrogens with two attached hydrogens (primary N) is 1. The third kappa shape index (κ3) is 3.99. The van der Waals surface area contributed by atoms with E-state index in [2.05, 4.69) is 17.2 Å². The van der Waals surface area contributed by atoms with Gasteiger partial charge in [-0.05, 0) is 43.2 Å². The maximum absolute atomic E-state index is 12.8. The van der Waals surface area contributed by atoms with E-state index in [0.717, 1.165) is 17.7 Å². The SMILES string of the molecule is CC(Cc1ccc(F)cc1)Nc1ccc(C(N)=S)nc1. The molecule has 0 spiro atoms. The highest BCUT2D eigenvalue weighted by molar-refractivity contribution is 7.80. The van der Waals surface area contributed by atoms with E-state index in [1.165, 1.54) is 12.1 Å². The van der Waals surface area contributed by atoms with Gasteiger partial charge in [0.15, 0.2) is 0 Å². The Labute approximate surface area is 123 Å². The molecule has 104 valence electrons. The van der Waals surface area contributed by atoms with Gasteiger partial charge in [-0.3, -0.25) is 4.98 Å². The third-order valence-corrected chi connectivity index (χ3v) is 3.09. The van der Waals surface area contributed by atoms with E-state index in [9.17, 15) is 4.39 Å². The second kappa shape index (κ2) is 6.43. The number of rotatable bonds is 5. The first-order valence-corrected chi connectivity index (χ1v) is 6.72. The highest BCUT2D eigenvalue weighted by atomic mass is 32.1. The van der Waals surface area contributed by atoms with Crippen molar-refractivity contribution in [3.8, 4) is 0 Å². The normalized spacial score (nSPS) is 11.9. The lowest BCUT2D eigenvalue weighted by Gasteiger charge is -2.15. The number of anilines is 1. The minimum Gasteiger partial charge on any atom is -0.388 e. The zero-order valence-corrected chi connectivity index (χ0v) is 12.0. The summed E-state index contributed by atoms with van der Waals surface area (Å²) < 4.78 is 12.8. The number of thiocarbonyl (C=S) groups is 1. The zero-order chi connectivity index (χ0) is 14.5. The standard InChI is InChI=1S/C15H16FN3S/c1-10(8-11-2-4-12(16)5-3-11)19-13-6-7-14(15(17)20)18-9-13/h2-7,9-10,19H,8H2,1H3,(H2,17,20). The number of aromatic nitrogens is 1. The van der Waals surface area contributed by atoms with Crippen LogP contribution in [0.5, 0.6) is 0 Å². The first-order valence-electron chi connectivity index (χ1n) is 6.31. The lowest BCUT2D eigenvalue weighted by Crippen LogP contribution is -2.18. The molecular formula is C15H16FN3S. The number of halogens is 1. The van der Waals surface area contributed by atoms with E-state index in [1.807, 2.05) is 6.07 Å². The molecule has 0 saturated heterocycles. The van der Waals surface area contributed by atoms with Gasteiger partial charge in [0.1, 0.15) is 10.8 Å². The summed E-state index contributed by atoms with van der Waals surface area (Å²) in [5, 5.41) is 3.33. The minimum atomic E-state index is -0.216. The molecule has 0 amide bonds. The van der Waals surface area contributed by atoms with Crippen LogP contribution in [0.2, 0.25) is 0 Å². The van der Waals surface area contributed by atoms with Crippen molar-refractivity contribution < 1.29 is 4.39 Å². The first kappa shape index (κ1) is 14.4. The fourth-order valence-corrected chi connectivity index (χ4v) is 2.06. The van der Waals surface area contributed by atoms with Gasteiger partial charge in [0.2, 0.25) is 0 Å². The molecule has 2 rings (SSSR count). The first-order chi connectivity index (χ1) is 9.54. The van der Waals surface area contributed by atoms with Crippen molar-refractivity contribution in [2.24, 2.45) is 5.73 Å². The number of hydrogen-bond donors (Lipinski definition) is 2. The number of hydrogen-bond acceptors (Lipinski definition) is 3. The van der Waals surface area contributed by atoms with Gasteiger partial charge in [0, 0.05) is 6.04 Å². The Kier molecular flexibility index (Phi) is 4.63. The molecule has 2 aromatic rings. The molecule has 3 nitrogen and oxygen atoms in total. The summed E-state index contributed by atoms with van der Waals surface area (Å²) in [5.41, 5.74) is 8.09. The van der Waals surface area contributed by atoms with Crippen molar-refractivity contribution >= 4 is 22.9 Å². The van der Waals surface area contributed by atoms with E-state index >= 15 is 0 Å². The van der Waals surface area contributed by atoms with E-state index in [0.29, 0.717) is 5.69 Å². The Hall–Kier alpha value is -2.01. The largest absolute Gasteiger partial charge is 0.388 e. The predicted molar refractivity (Wildman–Crippen MR) is 83.3 cm³/mol. The molecule has 0 fully saturated rings. The Morgan fingerprint density at radius 3 is 2.55 bits per heavy atom. The Morgan fingerprint density at radius 1 is 1.30 bits per heavy atom. The molecule has 0 saturated carbocycles. The van der Waals surface area contributed by atoms with Crippen LogP contribution in [0.25, 0.3) is 0 Å². The molecule has 3 N–H and O–H groups in total. The summed E-state index contributed by atoms with van der Waals surface area (Å²) in [7, 11) is 0. The molecule has 0 radical (unpaired) electrons. The summed E-state index contributed by atoms with van der Waals surface area (Å²) in [5.74, 6) is -0.216. The monoisotopic (exact) mass is 289 g/mol. The van der Waals surface area contributed by atoms with Crippen LogP contribution in [-0.4, -0.2) is 16.0 Å². The molecular weight excluding hydrogens is 273 g/mol. The van der Waals surface area contributed by atoms with Crippen molar-refractivity contribution in [3.63, 3.8) is 0 Å². The van der Waals surface area contributed by atoms with Crippen molar-refractivity contribution in [1.82, 2.24) is 4.98 Å². The Balaban J connectivity index is 1.95. The van der Waals surface area contributed by atoms with Gasteiger partial charge in [-0.15, -0.1) is 0 Å². The van der Waals surface area contributed by atoms with Gasteiger partial charge in [0.05, 0.1) is 17.6 Å². The number of nitrogens with one attached hydrogen (secondary N) is 1.